The SMILES string of the molecule is O=C(O)CCCC#CCC#CCC#CCC#CCOc1cccc(F)c1. The molecule has 1 rings (SSSR count). The maximum atomic E-state index is 12.9. The monoisotopic (exact) mass is 350 g/mol. The first-order chi connectivity index (χ1) is 12.7. The predicted molar refractivity (Wildman–Crippen MR) is 98.3 cm³/mol. The highest BCUT2D eigenvalue weighted by molar-refractivity contribution is 5.66. The van der Waals surface area contributed by atoms with Crippen molar-refractivity contribution in [1.82, 2.24) is 0 Å². The molecule has 4 heteroatoms. The van der Waals surface area contributed by atoms with E-state index in [1.165, 1.54) is 12.1 Å². The van der Waals surface area contributed by atoms with Crippen molar-refractivity contribution in [1.29, 1.82) is 0 Å². The summed E-state index contributed by atoms with van der Waals surface area (Å²) in [6.45, 7) is 0.191. The Balaban J connectivity index is 2.09. The first kappa shape index (κ1) is 20.7. The highest BCUT2D eigenvalue weighted by Crippen LogP contribution is 2.11. The van der Waals surface area contributed by atoms with Gasteiger partial charge in [-0.25, -0.2) is 4.39 Å². The van der Waals surface area contributed by atoms with E-state index in [-0.39, 0.29) is 18.8 Å². The second kappa shape index (κ2) is 14.0. The summed E-state index contributed by atoms with van der Waals surface area (Å²) in [5.41, 5.74) is 0. The van der Waals surface area contributed by atoms with Crippen LogP contribution in [0.1, 0.15) is 38.5 Å². The lowest BCUT2D eigenvalue weighted by molar-refractivity contribution is -0.137. The lowest BCUT2D eigenvalue weighted by Crippen LogP contribution is -1.93. The molecule has 0 amide bonds. The van der Waals surface area contributed by atoms with Crippen LogP contribution in [-0.4, -0.2) is 17.7 Å². The quantitative estimate of drug-likeness (QED) is 0.651. The number of aliphatic carboxylic acids is 1. The summed E-state index contributed by atoms with van der Waals surface area (Å²) < 4.78 is 18.2. The third-order valence-electron chi connectivity index (χ3n) is 2.83. The molecule has 0 heterocycles. The number of halogens is 1. The van der Waals surface area contributed by atoms with Crippen LogP contribution in [0.3, 0.4) is 0 Å². The summed E-state index contributed by atoms with van der Waals surface area (Å²) in [5.74, 6) is 22.3. The van der Waals surface area contributed by atoms with Gasteiger partial charge < -0.3 is 9.84 Å². The molecule has 1 aromatic rings. The van der Waals surface area contributed by atoms with Crippen LogP contribution < -0.4 is 4.74 Å². The standard InChI is InChI=1S/C22H19FO3/c23-20-15-14-16-21(19-20)26-18-13-11-9-7-5-3-1-2-4-6-8-10-12-17-22(24)25/h14-16,19H,3-4,9-10,12,17-18H2,(H,24,25). The Bertz CT molecular complexity index is 827. The fourth-order valence-electron chi connectivity index (χ4n) is 1.65. The van der Waals surface area contributed by atoms with E-state index in [2.05, 4.69) is 47.4 Å². The Morgan fingerprint density at radius 2 is 1.58 bits per heavy atom. The van der Waals surface area contributed by atoms with E-state index in [4.69, 9.17) is 9.84 Å². The molecule has 0 aliphatic rings. The van der Waals surface area contributed by atoms with Crippen LogP contribution in [0.15, 0.2) is 24.3 Å². The average Bonchev–Trinajstić information content (AvgIpc) is 2.61. The van der Waals surface area contributed by atoms with Gasteiger partial charge in [0.05, 0.1) is 19.3 Å². The molecule has 26 heavy (non-hydrogen) atoms. The van der Waals surface area contributed by atoms with E-state index in [0.29, 0.717) is 37.9 Å². The Labute approximate surface area is 154 Å². The summed E-state index contributed by atoms with van der Waals surface area (Å²) in [6.07, 6.45) is 2.65. The summed E-state index contributed by atoms with van der Waals surface area (Å²) in [4.78, 5) is 10.3. The summed E-state index contributed by atoms with van der Waals surface area (Å²) in [6, 6.07) is 5.91. The minimum atomic E-state index is -0.797. The van der Waals surface area contributed by atoms with Crippen molar-refractivity contribution in [3.8, 4) is 53.1 Å². The summed E-state index contributed by atoms with van der Waals surface area (Å²) >= 11 is 0. The van der Waals surface area contributed by atoms with E-state index in [0.717, 1.165) is 0 Å². The molecule has 0 atom stereocenters. The number of hydrogen-bond donors (Lipinski definition) is 1. The van der Waals surface area contributed by atoms with Gasteiger partial charge in [-0.05, 0) is 18.6 Å². The molecule has 0 unspecified atom stereocenters. The lowest BCUT2D eigenvalue weighted by Gasteiger charge is -2.00. The van der Waals surface area contributed by atoms with Crippen LogP contribution in [0, 0.1) is 53.2 Å². The zero-order chi connectivity index (χ0) is 18.9. The number of carboxylic acid groups (broad SMARTS) is 1. The van der Waals surface area contributed by atoms with Gasteiger partial charge in [-0.3, -0.25) is 4.79 Å². The van der Waals surface area contributed by atoms with Crippen LogP contribution in [0.5, 0.6) is 5.75 Å². The first-order valence-electron chi connectivity index (χ1n) is 8.11. The molecule has 1 aromatic carbocycles. The number of unbranched alkanes of at least 4 members (excludes halogenated alkanes) is 1. The predicted octanol–water partition coefficient (Wildman–Crippen LogP) is 3.64. The number of benzene rings is 1. The Morgan fingerprint density at radius 1 is 0.962 bits per heavy atom. The third kappa shape index (κ3) is 12.1. The molecule has 0 saturated carbocycles. The summed E-state index contributed by atoms with van der Waals surface area (Å²) in [7, 11) is 0. The van der Waals surface area contributed by atoms with Crippen molar-refractivity contribution in [3.05, 3.63) is 30.1 Å². The number of carboxylic acids is 1. The van der Waals surface area contributed by atoms with Gasteiger partial charge in [0, 0.05) is 18.9 Å². The smallest absolute Gasteiger partial charge is 0.303 e. The molecular weight excluding hydrogens is 331 g/mol. The highest BCUT2D eigenvalue weighted by atomic mass is 19.1. The average molecular weight is 350 g/mol. The minimum absolute atomic E-state index is 0.149. The Morgan fingerprint density at radius 3 is 2.19 bits per heavy atom. The van der Waals surface area contributed by atoms with Crippen LogP contribution in [0.2, 0.25) is 0 Å². The molecule has 0 fully saturated rings. The highest BCUT2D eigenvalue weighted by Gasteiger charge is 1.93. The van der Waals surface area contributed by atoms with Crippen molar-refractivity contribution < 1.29 is 19.0 Å². The Hall–Kier alpha value is -3.34. The van der Waals surface area contributed by atoms with Crippen molar-refractivity contribution in [2.75, 3.05) is 6.61 Å². The normalized spacial score (nSPS) is 8.35. The second-order valence-corrected chi connectivity index (χ2v) is 4.94. The Kier molecular flexibility index (Phi) is 11.2. The molecule has 0 radical (unpaired) electrons. The van der Waals surface area contributed by atoms with Gasteiger partial charge in [-0.1, -0.05) is 47.5 Å². The van der Waals surface area contributed by atoms with E-state index in [1.54, 1.807) is 12.1 Å². The van der Waals surface area contributed by atoms with Crippen molar-refractivity contribution in [3.63, 3.8) is 0 Å². The zero-order valence-corrected chi connectivity index (χ0v) is 14.4. The molecule has 132 valence electrons. The fraction of sp³-hybridized carbons (Fsp3) is 0.318. The molecule has 0 spiro atoms. The van der Waals surface area contributed by atoms with E-state index < -0.39 is 5.97 Å². The van der Waals surface area contributed by atoms with Gasteiger partial charge in [0.1, 0.15) is 18.2 Å². The van der Waals surface area contributed by atoms with Gasteiger partial charge in [-0.15, -0.1) is 5.92 Å². The van der Waals surface area contributed by atoms with Crippen LogP contribution in [-0.2, 0) is 4.79 Å². The molecule has 1 N–H and O–H groups in total. The van der Waals surface area contributed by atoms with E-state index >= 15 is 0 Å². The molecule has 0 aliphatic heterocycles. The molecule has 0 saturated heterocycles. The largest absolute Gasteiger partial charge is 0.481 e. The van der Waals surface area contributed by atoms with E-state index in [1.807, 2.05) is 0 Å². The molecule has 0 aromatic heterocycles. The van der Waals surface area contributed by atoms with Crippen LogP contribution in [0.25, 0.3) is 0 Å². The van der Waals surface area contributed by atoms with Gasteiger partial charge in [0.2, 0.25) is 0 Å². The van der Waals surface area contributed by atoms with Crippen molar-refractivity contribution >= 4 is 5.97 Å². The molecular formula is C22H19FO3. The van der Waals surface area contributed by atoms with Crippen LogP contribution in [0.4, 0.5) is 4.39 Å². The molecule has 3 nitrogen and oxygen atoms in total. The molecule has 0 aliphatic carbocycles. The topological polar surface area (TPSA) is 46.5 Å². The van der Waals surface area contributed by atoms with Gasteiger partial charge in [-0.2, -0.15) is 0 Å². The van der Waals surface area contributed by atoms with E-state index in [9.17, 15) is 9.18 Å². The fourth-order valence-corrected chi connectivity index (χ4v) is 1.65. The van der Waals surface area contributed by atoms with Gasteiger partial charge in [0.25, 0.3) is 0 Å². The number of carbonyl (C=O) groups is 1. The lowest BCUT2D eigenvalue weighted by atomic mass is 10.2. The molecule has 0 bridgehead atoms. The van der Waals surface area contributed by atoms with Crippen molar-refractivity contribution in [2.24, 2.45) is 0 Å². The maximum Gasteiger partial charge on any atom is 0.303 e. The zero-order valence-electron chi connectivity index (χ0n) is 14.4. The summed E-state index contributed by atoms with van der Waals surface area (Å²) in [5, 5.41) is 8.46. The van der Waals surface area contributed by atoms with Crippen molar-refractivity contribution in [2.45, 2.75) is 38.5 Å². The minimum Gasteiger partial charge on any atom is -0.481 e. The van der Waals surface area contributed by atoms with Gasteiger partial charge in [0.15, 0.2) is 0 Å². The number of rotatable bonds is 5. The number of hydrogen-bond acceptors (Lipinski definition) is 2. The third-order valence-corrected chi connectivity index (χ3v) is 2.83. The first-order valence-corrected chi connectivity index (χ1v) is 8.11. The second-order valence-electron chi connectivity index (χ2n) is 4.94. The van der Waals surface area contributed by atoms with Crippen LogP contribution >= 0.6 is 0 Å². The number of ether oxygens (including phenoxy) is 1. The maximum absolute atomic E-state index is 12.9. The van der Waals surface area contributed by atoms with Gasteiger partial charge >= 0.3 is 5.97 Å².